The first-order chi connectivity index (χ1) is 13.7. The van der Waals surface area contributed by atoms with Crippen molar-refractivity contribution in [3.63, 3.8) is 0 Å². The van der Waals surface area contributed by atoms with E-state index in [9.17, 15) is 9.59 Å². The molecule has 1 atom stereocenters. The van der Waals surface area contributed by atoms with Gasteiger partial charge in [-0.3, -0.25) is 9.59 Å². The van der Waals surface area contributed by atoms with Crippen molar-refractivity contribution in [1.82, 2.24) is 10.2 Å². The standard InChI is InChI=1S/C23H28N2O3/c1-2-28-20-14-12-18(13-15-20)21-10-7-17-25(21)22(26)11-6-16-24-23(27)19-8-4-3-5-9-19/h3-5,8-9,12-15,21H,2,6-7,10-11,16-17H2,1H3,(H,24,27). The molecular formula is C23H28N2O3. The second-order valence-electron chi connectivity index (χ2n) is 6.97. The molecule has 0 aliphatic carbocycles. The fraction of sp³-hybridized carbons (Fsp3) is 0.391. The number of nitrogens with one attached hydrogen (secondary N) is 1. The van der Waals surface area contributed by atoms with E-state index in [1.54, 1.807) is 12.1 Å². The molecule has 1 aliphatic heterocycles. The van der Waals surface area contributed by atoms with E-state index >= 15 is 0 Å². The topological polar surface area (TPSA) is 58.6 Å². The van der Waals surface area contributed by atoms with Gasteiger partial charge in [-0.05, 0) is 56.0 Å². The minimum absolute atomic E-state index is 0.0958. The second kappa shape index (κ2) is 9.93. The zero-order valence-electron chi connectivity index (χ0n) is 16.4. The fourth-order valence-electron chi connectivity index (χ4n) is 3.64. The molecule has 0 aromatic heterocycles. The van der Waals surface area contributed by atoms with E-state index in [0.29, 0.717) is 31.6 Å². The van der Waals surface area contributed by atoms with Crippen LogP contribution < -0.4 is 10.1 Å². The van der Waals surface area contributed by atoms with Gasteiger partial charge < -0.3 is 15.0 Å². The number of ether oxygens (including phenoxy) is 1. The Labute approximate surface area is 166 Å². The summed E-state index contributed by atoms with van der Waals surface area (Å²) in [6.07, 6.45) is 3.10. The van der Waals surface area contributed by atoms with Crippen molar-refractivity contribution >= 4 is 11.8 Å². The number of likely N-dealkylation sites (tertiary alicyclic amines) is 1. The molecule has 2 aromatic rings. The van der Waals surface area contributed by atoms with Crippen molar-refractivity contribution in [2.75, 3.05) is 19.7 Å². The number of rotatable bonds is 8. The first-order valence-corrected chi connectivity index (χ1v) is 10.0. The van der Waals surface area contributed by atoms with E-state index in [-0.39, 0.29) is 17.9 Å². The summed E-state index contributed by atoms with van der Waals surface area (Å²) in [5.41, 5.74) is 1.80. The van der Waals surface area contributed by atoms with Gasteiger partial charge in [-0.15, -0.1) is 0 Å². The lowest BCUT2D eigenvalue weighted by Crippen LogP contribution is -2.31. The largest absolute Gasteiger partial charge is 0.494 e. The Balaban J connectivity index is 1.47. The summed E-state index contributed by atoms with van der Waals surface area (Å²) in [4.78, 5) is 26.7. The molecule has 1 heterocycles. The van der Waals surface area contributed by atoms with Crippen LogP contribution in [-0.4, -0.2) is 36.4 Å². The molecule has 0 spiro atoms. The van der Waals surface area contributed by atoms with Crippen LogP contribution in [0.1, 0.15) is 54.6 Å². The molecular weight excluding hydrogens is 352 g/mol. The van der Waals surface area contributed by atoms with Crippen molar-refractivity contribution in [3.8, 4) is 5.75 Å². The third-order valence-electron chi connectivity index (χ3n) is 5.04. The second-order valence-corrected chi connectivity index (χ2v) is 6.97. The third-order valence-corrected chi connectivity index (χ3v) is 5.04. The monoisotopic (exact) mass is 380 g/mol. The van der Waals surface area contributed by atoms with Gasteiger partial charge in [-0.25, -0.2) is 0 Å². The number of carbonyl (C=O) groups is 2. The molecule has 3 rings (SSSR count). The molecule has 0 radical (unpaired) electrons. The molecule has 2 amide bonds. The van der Waals surface area contributed by atoms with Gasteiger partial charge in [0.2, 0.25) is 5.91 Å². The maximum atomic E-state index is 12.7. The van der Waals surface area contributed by atoms with Crippen LogP contribution in [0.3, 0.4) is 0 Å². The van der Waals surface area contributed by atoms with Crippen molar-refractivity contribution in [2.45, 2.75) is 38.6 Å². The van der Waals surface area contributed by atoms with Gasteiger partial charge in [-0.1, -0.05) is 30.3 Å². The van der Waals surface area contributed by atoms with Crippen LogP contribution in [0.5, 0.6) is 5.75 Å². The Bertz CT molecular complexity index is 774. The van der Waals surface area contributed by atoms with Gasteiger partial charge in [-0.2, -0.15) is 0 Å². The number of benzene rings is 2. The highest BCUT2D eigenvalue weighted by Gasteiger charge is 2.29. The summed E-state index contributed by atoms with van der Waals surface area (Å²) in [6.45, 7) is 3.91. The average molecular weight is 380 g/mol. The highest BCUT2D eigenvalue weighted by atomic mass is 16.5. The van der Waals surface area contributed by atoms with Gasteiger partial charge >= 0.3 is 0 Å². The Morgan fingerprint density at radius 2 is 1.86 bits per heavy atom. The van der Waals surface area contributed by atoms with E-state index in [1.165, 1.54) is 0 Å². The van der Waals surface area contributed by atoms with E-state index in [1.807, 2.05) is 42.2 Å². The molecule has 5 nitrogen and oxygen atoms in total. The minimum Gasteiger partial charge on any atom is -0.494 e. The Hall–Kier alpha value is -2.82. The van der Waals surface area contributed by atoms with Crippen LogP contribution in [0.4, 0.5) is 0 Å². The molecule has 1 aliphatic rings. The van der Waals surface area contributed by atoms with Crippen LogP contribution in [0.25, 0.3) is 0 Å². The van der Waals surface area contributed by atoms with Crippen LogP contribution in [-0.2, 0) is 4.79 Å². The highest BCUT2D eigenvalue weighted by molar-refractivity contribution is 5.94. The minimum atomic E-state index is -0.0958. The lowest BCUT2D eigenvalue weighted by molar-refractivity contribution is -0.132. The van der Waals surface area contributed by atoms with Gasteiger partial charge in [0.05, 0.1) is 12.6 Å². The summed E-state index contributed by atoms with van der Waals surface area (Å²) < 4.78 is 5.50. The highest BCUT2D eigenvalue weighted by Crippen LogP contribution is 2.33. The normalized spacial score (nSPS) is 16.0. The maximum Gasteiger partial charge on any atom is 0.251 e. The molecule has 1 fully saturated rings. The lowest BCUT2D eigenvalue weighted by Gasteiger charge is -2.25. The van der Waals surface area contributed by atoms with Crippen LogP contribution in [0.2, 0.25) is 0 Å². The molecule has 1 N–H and O–H groups in total. The zero-order chi connectivity index (χ0) is 19.8. The molecule has 148 valence electrons. The lowest BCUT2D eigenvalue weighted by atomic mass is 10.0. The van der Waals surface area contributed by atoms with Gasteiger partial charge in [0.25, 0.3) is 5.91 Å². The Morgan fingerprint density at radius 1 is 1.11 bits per heavy atom. The van der Waals surface area contributed by atoms with E-state index < -0.39 is 0 Å². The summed E-state index contributed by atoms with van der Waals surface area (Å²) in [6, 6.07) is 17.3. The van der Waals surface area contributed by atoms with Gasteiger partial charge in [0, 0.05) is 25.1 Å². The number of amides is 2. The quantitative estimate of drug-likeness (QED) is 0.705. The van der Waals surface area contributed by atoms with Gasteiger partial charge in [0.1, 0.15) is 5.75 Å². The molecule has 0 saturated carbocycles. The molecule has 28 heavy (non-hydrogen) atoms. The van der Waals surface area contributed by atoms with Gasteiger partial charge in [0.15, 0.2) is 0 Å². The summed E-state index contributed by atoms with van der Waals surface area (Å²) >= 11 is 0. The Kier molecular flexibility index (Phi) is 7.06. The number of hydrogen-bond donors (Lipinski definition) is 1. The predicted molar refractivity (Wildman–Crippen MR) is 109 cm³/mol. The van der Waals surface area contributed by atoms with Crippen LogP contribution in [0.15, 0.2) is 54.6 Å². The summed E-state index contributed by atoms with van der Waals surface area (Å²) in [5, 5.41) is 2.88. The van der Waals surface area contributed by atoms with E-state index in [4.69, 9.17) is 4.74 Å². The number of carbonyl (C=O) groups excluding carboxylic acids is 2. The Morgan fingerprint density at radius 3 is 2.57 bits per heavy atom. The summed E-state index contributed by atoms with van der Waals surface area (Å²) in [5.74, 6) is 0.920. The summed E-state index contributed by atoms with van der Waals surface area (Å²) in [7, 11) is 0. The third kappa shape index (κ3) is 5.12. The zero-order valence-corrected chi connectivity index (χ0v) is 16.4. The van der Waals surface area contributed by atoms with Crippen molar-refractivity contribution in [2.24, 2.45) is 0 Å². The number of nitrogens with zero attached hydrogens (tertiary/aromatic N) is 1. The van der Waals surface area contributed by atoms with Crippen molar-refractivity contribution < 1.29 is 14.3 Å². The van der Waals surface area contributed by atoms with E-state index in [0.717, 1.165) is 30.7 Å². The maximum absolute atomic E-state index is 12.7. The van der Waals surface area contributed by atoms with Crippen molar-refractivity contribution in [3.05, 3.63) is 65.7 Å². The molecule has 1 saturated heterocycles. The fourth-order valence-corrected chi connectivity index (χ4v) is 3.64. The first-order valence-electron chi connectivity index (χ1n) is 10.0. The molecule has 0 bridgehead atoms. The van der Waals surface area contributed by atoms with Crippen molar-refractivity contribution in [1.29, 1.82) is 0 Å². The van der Waals surface area contributed by atoms with Crippen LogP contribution >= 0.6 is 0 Å². The molecule has 5 heteroatoms. The number of hydrogen-bond acceptors (Lipinski definition) is 3. The SMILES string of the molecule is CCOc1ccc(C2CCCN2C(=O)CCCNC(=O)c2ccccc2)cc1. The first kappa shape index (κ1) is 19.9. The smallest absolute Gasteiger partial charge is 0.251 e. The van der Waals surface area contributed by atoms with Crippen LogP contribution in [0, 0.1) is 0 Å². The van der Waals surface area contributed by atoms with E-state index in [2.05, 4.69) is 17.4 Å². The molecule has 1 unspecified atom stereocenters. The predicted octanol–water partition coefficient (Wildman–Crippen LogP) is 3.96. The molecule has 2 aromatic carbocycles. The average Bonchev–Trinajstić information content (AvgIpc) is 3.22.